The molecule has 2 heterocycles. The van der Waals surface area contributed by atoms with E-state index in [0.717, 1.165) is 0 Å². The van der Waals surface area contributed by atoms with Crippen LogP contribution in [0, 0.1) is 10.1 Å². The highest BCUT2D eigenvalue weighted by atomic mass is 16.6. The van der Waals surface area contributed by atoms with Gasteiger partial charge in [0.15, 0.2) is 0 Å². The standard InChI is InChI=1S/C10H12N4O4/c15-10(16)8-6-11-4-5-13(8)9-7(14(17)18)2-1-3-12-9/h1-3,8,11H,4-6H2,(H,15,16)/t8-/m1/s1. The van der Waals surface area contributed by atoms with Crippen molar-refractivity contribution >= 4 is 17.5 Å². The molecule has 0 bridgehead atoms. The van der Waals surface area contributed by atoms with E-state index in [2.05, 4.69) is 10.3 Å². The third-order valence-electron chi connectivity index (χ3n) is 2.76. The summed E-state index contributed by atoms with van der Waals surface area (Å²) in [5.74, 6) is -0.918. The fourth-order valence-electron chi connectivity index (χ4n) is 1.93. The third kappa shape index (κ3) is 2.23. The Kier molecular flexibility index (Phi) is 3.38. The van der Waals surface area contributed by atoms with Crippen LogP contribution in [0.5, 0.6) is 0 Å². The van der Waals surface area contributed by atoms with Crippen molar-refractivity contribution in [1.29, 1.82) is 0 Å². The van der Waals surface area contributed by atoms with Crippen LogP contribution in [0.3, 0.4) is 0 Å². The first-order valence-corrected chi connectivity index (χ1v) is 5.41. The molecule has 96 valence electrons. The molecule has 0 amide bonds. The zero-order chi connectivity index (χ0) is 13.1. The van der Waals surface area contributed by atoms with Crippen LogP contribution < -0.4 is 10.2 Å². The molecular weight excluding hydrogens is 240 g/mol. The molecule has 8 nitrogen and oxygen atoms in total. The molecule has 8 heteroatoms. The van der Waals surface area contributed by atoms with Gasteiger partial charge < -0.3 is 15.3 Å². The predicted octanol–water partition coefficient (Wildman–Crippen LogP) is -0.147. The van der Waals surface area contributed by atoms with Gasteiger partial charge in [0.1, 0.15) is 6.04 Å². The Morgan fingerprint density at radius 3 is 3.11 bits per heavy atom. The predicted molar refractivity (Wildman–Crippen MR) is 62.5 cm³/mol. The molecule has 0 unspecified atom stereocenters. The van der Waals surface area contributed by atoms with Crippen LogP contribution in [0.15, 0.2) is 18.3 Å². The molecule has 1 aromatic rings. The van der Waals surface area contributed by atoms with Gasteiger partial charge in [-0.05, 0) is 6.07 Å². The van der Waals surface area contributed by atoms with Crippen molar-refractivity contribution in [2.45, 2.75) is 6.04 Å². The Morgan fingerprint density at radius 1 is 1.67 bits per heavy atom. The lowest BCUT2D eigenvalue weighted by molar-refractivity contribution is -0.384. The van der Waals surface area contributed by atoms with E-state index in [9.17, 15) is 14.9 Å². The average molecular weight is 252 g/mol. The molecule has 18 heavy (non-hydrogen) atoms. The number of aromatic nitrogens is 1. The largest absolute Gasteiger partial charge is 0.480 e. The molecule has 0 spiro atoms. The van der Waals surface area contributed by atoms with Crippen molar-refractivity contribution in [2.75, 3.05) is 24.5 Å². The third-order valence-corrected chi connectivity index (χ3v) is 2.76. The summed E-state index contributed by atoms with van der Waals surface area (Å²) in [5, 5.41) is 23.0. The van der Waals surface area contributed by atoms with Crippen LogP contribution in [0.2, 0.25) is 0 Å². The molecule has 1 aromatic heterocycles. The molecule has 2 N–H and O–H groups in total. The first-order chi connectivity index (χ1) is 8.61. The van der Waals surface area contributed by atoms with Crippen LogP contribution in [0.1, 0.15) is 0 Å². The number of hydrogen-bond donors (Lipinski definition) is 2. The Balaban J connectivity index is 2.39. The fourth-order valence-corrected chi connectivity index (χ4v) is 1.93. The van der Waals surface area contributed by atoms with E-state index >= 15 is 0 Å². The number of pyridine rings is 1. The van der Waals surface area contributed by atoms with Crippen molar-refractivity contribution in [3.8, 4) is 0 Å². The molecule has 1 fully saturated rings. The Bertz CT molecular complexity index is 479. The first kappa shape index (κ1) is 12.2. The molecule has 0 saturated carbocycles. The van der Waals surface area contributed by atoms with Gasteiger partial charge >= 0.3 is 11.7 Å². The van der Waals surface area contributed by atoms with E-state index in [1.165, 1.54) is 23.2 Å². The Labute approximate surface area is 102 Å². The van der Waals surface area contributed by atoms with Crippen LogP contribution in [-0.2, 0) is 4.79 Å². The first-order valence-electron chi connectivity index (χ1n) is 5.41. The molecule has 1 atom stereocenters. The van der Waals surface area contributed by atoms with Crippen molar-refractivity contribution in [3.05, 3.63) is 28.4 Å². The fraction of sp³-hybridized carbons (Fsp3) is 0.400. The summed E-state index contributed by atoms with van der Waals surface area (Å²) in [6.45, 7) is 1.18. The number of carbonyl (C=O) groups is 1. The minimum absolute atomic E-state index is 0.108. The molecule has 0 radical (unpaired) electrons. The number of nitro groups is 1. The number of hydrogen-bond acceptors (Lipinski definition) is 6. The number of carboxylic acid groups (broad SMARTS) is 1. The van der Waals surface area contributed by atoms with Crippen molar-refractivity contribution in [3.63, 3.8) is 0 Å². The van der Waals surface area contributed by atoms with Gasteiger partial charge in [-0.15, -0.1) is 0 Å². The minimum atomic E-state index is -1.03. The second kappa shape index (κ2) is 4.96. The maximum absolute atomic E-state index is 11.1. The summed E-state index contributed by atoms with van der Waals surface area (Å²) in [6, 6.07) is 1.94. The number of nitrogens with zero attached hydrogens (tertiary/aromatic N) is 3. The van der Waals surface area contributed by atoms with E-state index in [4.69, 9.17) is 5.11 Å². The van der Waals surface area contributed by atoms with Gasteiger partial charge in [0.25, 0.3) is 0 Å². The van der Waals surface area contributed by atoms with Crippen LogP contribution >= 0.6 is 0 Å². The van der Waals surface area contributed by atoms with E-state index < -0.39 is 16.9 Å². The second-order valence-corrected chi connectivity index (χ2v) is 3.85. The van der Waals surface area contributed by atoms with Crippen LogP contribution in [-0.4, -0.2) is 46.7 Å². The average Bonchev–Trinajstić information content (AvgIpc) is 2.38. The molecule has 1 aliphatic rings. The zero-order valence-electron chi connectivity index (χ0n) is 9.44. The van der Waals surface area contributed by atoms with Crippen molar-refractivity contribution in [1.82, 2.24) is 10.3 Å². The highest BCUT2D eigenvalue weighted by molar-refractivity contribution is 5.79. The summed E-state index contributed by atoms with van der Waals surface area (Å²) >= 11 is 0. The smallest absolute Gasteiger partial charge is 0.327 e. The zero-order valence-corrected chi connectivity index (χ0v) is 9.44. The van der Waals surface area contributed by atoms with Crippen molar-refractivity contribution in [2.24, 2.45) is 0 Å². The quantitative estimate of drug-likeness (QED) is 0.568. The van der Waals surface area contributed by atoms with E-state index in [0.29, 0.717) is 13.1 Å². The highest BCUT2D eigenvalue weighted by Gasteiger charge is 2.33. The number of piperazine rings is 1. The van der Waals surface area contributed by atoms with Gasteiger partial charge in [-0.25, -0.2) is 9.78 Å². The maximum atomic E-state index is 11.1. The summed E-state index contributed by atoms with van der Waals surface area (Å²) in [7, 11) is 0. The highest BCUT2D eigenvalue weighted by Crippen LogP contribution is 2.26. The second-order valence-electron chi connectivity index (χ2n) is 3.85. The molecule has 2 rings (SSSR count). The van der Waals surface area contributed by atoms with E-state index in [1.54, 1.807) is 0 Å². The summed E-state index contributed by atoms with van der Waals surface area (Å²) < 4.78 is 0. The van der Waals surface area contributed by atoms with Gasteiger partial charge in [0.05, 0.1) is 4.92 Å². The monoisotopic (exact) mass is 252 g/mol. The summed E-state index contributed by atoms with van der Waals surface area (Å²) in [6.07, 6.45) is 1.42. The minimum Gasteiger partial charge on any atom is -0.480 e. The molecule has 1 aliphatic heterocycles. The molecular formula is C10H12N4O4. The Hall–Kier alpha value is -2.22. The van der Waals surface area contributed by atoms with Crippen molar-refractivity contribution < 1.29 is 14.8 Å². The number of nitrogens with one attached hydrogen (secondary N) is 1. The van der Waals surface area contributed by atoms with E-state index in [-0.39, 0.29) is 18.1 Å². The van der Waals surface area contributed by atoms with Crippen LogP contribution in [0.25, 0.3) is 0 Å². The van der Waals surface area contributed by atoms with Gasteiger partial charge in [0.2, 0.25) is 5.82 Å². The van der Waals surface area contributed by atoms with Gasteiger partial charge in [-0.1, -0.05) is 0 Å². The number of carboxylic acids is 1. The SMILES string of the molecule is O=C(O)[C@H]1CNCCN1c1ncccc1[N+](=O)[O-]. The molecule has 0 aromatic carbocycles. The van der Waals surface area contributed by atoms with Gasteiger partial charge in [-0.2, -0.15) is 0 Å². The molecule has 1 saturated heterocycles. The number of anilines is 1. The normalized spacial score (nSPS) is 19.6. The Morgan fingerprint density at radius 2 is 2.44 bits per heavy atom. The van der Waals surface area contributed by atoms with Gasteiger partial charge in [0, 0.05) is 31.9 Å². The topological polar surface area (TPSA) is 109 Å². The lowest BCUT2D eigenvalue weighted by atomic mass is 10.2. The molecule has 0 aliphatic carbocycles. The number of rotatable bonds is 3. The lowest BCUT2D eigenvalue weighted by Gasteiger charge is -2.33. The van der Waals surface area contributed by atoms with Crippen LogP contribution in [0.4, 0.5) is 11.5 Å². The number of aliphatic carboxylic acids is 1. The maximum Gasteiger partial charge on any atom is 0.327 e. The summed E-state index contributed by atoms with van der Waals surface area (Å²) in [5.41, 5.74) is -0.175. The lowest BCUT2D eigenvalue weighted by Crippen LogP contribution is -2.55. The van der Waals surface area contributed by atoms with Gasteiger partial charge in [-0.3, -0.25) is 10.1 Å². The van der Waals surface area contributed by atoms with E-state index in [1.807, 2.05) is 0 Å². The summed E-state index contributed by atoms with van der Waals surface area (Å²) in [4.78, 5) is 26.9.